The van der Waals surface area contributed by atoms with Crippen LogP contribution < -0.4 is 0 Å². The predicted molar refractivity (Wildman–Crippen MR) is 66.6 cm³/mol. The van der Waals surface area contributed by atoms with E-state index in [1.54, 1.807) is 37.3 Å². The lowest BCUT2D eigenvalue weighted by molar-refractivity contribution is 0.0526. The van der Waals surface area contributed by atoms with Crippen LogP contribution in [0.4, 0.5) is 4.39 Å². The van der Waals surface area contributed by atoms with Crippen molar-refractivity contribution in [3.8, 4) is 11.1 Å². The first-order chi connectivity index (χ1) is 8.70. The van der Waals surface area contributed by atoms with Crippen LogP contribution in [0.5, 0.6) is 0 Å². The average molecular weight is 243 g/mol. The number of benzene rings is 2. The Bertz CT molecular complexity index is 547. The van der Waals surface area contributed by atoms with Gasteiger partial charge >= 0.3 is 5.97 Å². The fraction of sp³-hybridized carbons (Fsp3) is 0.133. The quantitative estimate of drug-likeness (QED) is 0.771. The van der Waals surface area contributed by atoms with Gasteiger partial charge in [-0.15, -0.1) is 0 Å². The Kier molecular flexibility index (Phi) is 3.72. The number of hydrogen-bond acceptors (Lipinski definition) is 2. The van der Waals surface area contributed by atoms with Crippen molar-refractivity contribution in [2.45, 2.75) is 6.92 Å². The molecule has 91 valence electrons. The molecule has 1 radical (unpaired) electrons. The monoisotopic (exact) mass is 243 g/mol. The van der Waals surface area contributed by atoms with Crippen LogP contribution in [0.3, 0.4) is 0 Å². The molecule has 2 nitrogen and oxygen atoms in total. The van der Waals surface area contributed by atoms with Crippen molar-refractivity contribution in [2.75, 3.05) is 6.61 Å². The van der Waals surface area contributed by atoms with Crippen molar-refractivity contribution in [2.24, 2.45) is 0 Å². The Morgan fingerprint density at radius 3 is 2.56 bits per heavy atom. The van der Waals surface area contributed by atoms with E-state index in [0.29, 0.717) is 12.2 Å². The molecule has 0 amide bonds. The standard InChI is InChI=1S/C15H12FO2/c1-2-18-15(17)12-8-6-11(7-9-12)13-4-3-5-14(16)10-13/h3-4,6-10H,2H2,1H3. The summed E-state index contributed by atoms with van der Waals surface area (Å²) in [5, 5.41) is 0. The molecular weight excluding hydrogens is 231 g/mol. The topological polar surface area (TPSA) is 26.3 Å². The van der Waals surface area contributed by atoms with Crippen LogP contribution in [0.1, 0.15) is 17.3 Å². The number of carbonyl (C=O) groups is 1. The van der Waals surface area contributed by atoms with Crippen LogP contribution in [0.2, 0.25) is 0 Å². The molecule has 0 aromatic heterocycles. The molecule has 0 saturated heterocycles. The molecule has 2 rings (SSSR count). The molecule has 0 heterocycles. The van der Waals surface area contributed by atoms with E-state index in [9.17, 15) is 9.18 Å². The van der Waals surface area contributed by atoms with Crippen molar-refractivity contribution < 1.29 is 13.9 Å². The Labute approximate surface area is 105 Å². The zero-order valence-corrected chi connectivity index (χ0v) is 9.94. The average Bonchev–Trinajstić information content (AvgIpc) is 2.39. The molecule has 0 aliphatic rings. The van der Waals surface area contributed by atoms with Crippen molar-refractivity contribution in [3.05, 3.63) is 59.9 Å². The Balaban J connectivity index is 2.25. The molecule has 0 bridgehead atoms. The van der Waals surface area contributed by atoms with E-state index in [1.165, 1.54) is 12.1 Å². The number of ether oxygens (including phenoxy) is 1. The normalized spacial score (nSPS) is 10.1. The zero-order chi connectivity index (χ0) is 13.0. The molecule has 0 spiro atoms. The third kappa shape index (κ3) is 2.74. The summed E-state index contributed by atoms with van der Waals surface area (Å²) in [6, 6.07) is 14.0. The molecular formula is C15H12FO2. The molecule has 18 heavy (non-hydrogen) atoms. The summed E-state index contributed by atoms with van der Waals surface area (Å²) in [7, 11) is 0. The van der Waals surface area contributed by atoms with Gasteiger partial charge in [-0.1, -0.05) is 24.3 Å². The van der Waals surface area contributed by atoms with E-state index in [4.69, 9.17) is 4.74 Å². The second-order valence-electron chi connectivity index (χ2n) is 3.72. The third-order valence-electron chi connectivity index (χ3n) is 2.50. The molecule has 0 atom stereocenters. The summed E-state index contributed by atoms with van der Waals surface area (Å²) in [5.41, 5.74) is 2.08. The fourth-order valence-corrected chi connectivity index (χ4v) is 1.63. The lowest BCUT2D eigenvalue weighted by Gasteiger charge is -2.04. The highest BCUT2D eigenvalue weighted by molar-refractivity contribution is 5.90. The van der Waals surface area contributed by atoms with Crippen LogP contribution in [0.25, 0.3) is 11.1 Å². The van der Waals surface area contributed by atoms with Crippen LogP contribution in [0, 0.1) is 11.9 Å². The highest BCUT2D eigenvalue weighted by Crippen LogP contribution is 2.20. The lowest BCUT2D eigenvalue weighted by Crippen LogP contribution is -2.03. The van der Waals surface area contributed by atoms with Crippen LogP contribution in [-0.2, 0) is 4.74 Å². The smallest absolute Gasteiger partial charge is 0.338 e. The minimum absolute atomic E-state index is 0.348. The Morgan fingerprint density at radius 1 is 1.22 bits per heavy atom. The maximum atomic E-state index is 13.0. The molecule has 0 unspecified atom stereocenters. The van der Waals surface area contributed by atoms with Gasteiger partial charge in [0.2, 0.25) is 0 Å². The number of halogens is 1. The molecule has 2 aromatic rings. The van der Waals surface area contributed by atoms with Crippen molar-refractivity contribution in [1.29, 1.82) is 0 Å². The number of esters is 1. The first kappa shape index (κ1) is 12.3. The van der Waals surface area contributed by atoms with Crippen molar-refractivity contribution in [1.82, 2.24) is 0 Å². The van der Waals surface area contributed by atoms with Gasteiger partial charge in [0.05, 0.1) is 12.2 Å². The van der Waals surface area contributed by atoms with E-state index in [2.05, 4.69) is 6.07 Å². The summed E-state index contributed by atoms with van der Waals surface area (Å²) in [4.78, 5) is 11.5. The first-order valence-corrected chi connectivity index (χ1v) is 5.65. The summed E-state index contributed by atoms with van der Waals surface area (Å²) < 4.78 is 17.9. The fourth-order valence-electron chi connectivity index (χ4n) is 1.63. The van der Waals surface area contributed by atoms with E-state index < -0.39 is 5.82 Å². The lowest BCUT2D eigenvalue weighted by atomic mass is 10.0. The molecule has 0 saturated carbocycles. The Hall–Kier alpha value is -2.16. The molecule has 3 heteroatoms. The number of carbonyl (C=O) groups excluding carboxylic acids is 1. The van der Waals surface area contributed by atoms with Gasteiger partial charge in [-0.2, -0.15) is 0 Å². The summed E-state index contributed by atoms with van der Waals surface area (Å²) >= 11 is 0. The maximum Gasteiger partial charge on any atom is 0.338 e. The van der Waals surface area contributed by atoms with Gasteiger partial charge in [0, 0.05) is 6.07 Å². The van der Waals surface area contributed by atoms with Gasteiger partial charge in [0.15, 0.2) is 0 Å². The van der Waals surface area contributed by atoms with Gasteiger partial charge in [0.25, 0.3) is 0 Å². The predicted octanol–water partition coefficient (Wildman–Crippen LogP) is 3.47. The molecule has 2 aromatic carbocycles. The van der Waals surface area contributed by atoms with Gasteiger partial charge in [-0.3, -0.25) is 0 Å². The van der Waals surface area contributed by atoms with Crippen LogP contribution in [-0.4, -0.2) is 12.6 Å². The Morgan fingerprint density at radius 2 is 1.94 bits per heavy atom. The summed E-state index contributed by atoms with van der Waals surface area (Å²) in [5.74, 6) is -0.751. The van der Waals surface area contributed by atoms with Gasteiger partial charge in [0.1, 0.15) is 5.82 Å². The molecule has 0 aliphatic carbocycles. The minimum atomic E-state index is -0.401. The van der Waals surface area contributed by atoms with E-state index >= 15 is 0 Å². The van der Waals surface area contributed by atoms with E-state index in [-0.39, 0.29) is 5.97 Å². The van der Waals surface area contributed by atoms with Crippen LogP contribution in [0.15, 0.2) is 42.5 Å². The highest BCUT2D eigenvalue weighted by Gasteiger charge is 2.06. The SMILES string of the molecule is CCOC(=O)c1ccc(-c2cc[c]c(F)c2)cc1. The second-order valence-corrected chi connectivity index (χ2v) is 3.72. The van der Waals surface area contributed by atoms with Gasteiger partial charge < -0.3 is 4.74 Å². The molecule has 0 N–H and O–H groups in total. The number of hydrogen-bond donors (Lipinski definition) is 0. The van der Waals surface area contributed by atoms with Gasteiger partial charge in [-0.25, -0.2) is 9.18 Å². The summed E-state index contributed by atoms with van der Waals surface area (Å²) in [6.45, 7) is 2.11. The highest BCUT2D eigenvalue weighted by atomic mass is 19.1. The van der Waals surface area contributed by atoms with Gasteiger partial charge in [-0.05, 0) is 36.2 Å². The van der Waals surface area contributed by atoms with Crippen molar-refractivity contribution in [3.63, 3.8) is 0 Å². The van der Waals surface area contributed by atoms with Crippen molar-refractivity contribution >= 4 is 5.97 Å². The summed E-state index contributed by atoms with van der Waals surface area (Å²) in [6.07, 6.45) is 0. The minimum Gasteiger partial charge on any atom is -0.462 e. The van der Waals surface area contributed by atoms with Crippen LogP contribution >= 0.6 is 0 Å². The molecule has 0 fully saturated rings. The second kappa shape index (κ2) is 5.45. The molecule has 0 aliphatic heterocycles. The first-order valence-electron chi connectivity index (χ1n) is 5.65. The number of rotatable bonds is 3. The largest absolute Gasteiger partial charge is 0.462 e. The maximum absolute atomic E-state index is 13.0. The van der Waals surface area contributed by atoms with E-state index in [0.717, 1.165) is 11.1 Å². The van der Waals surface area contributed by atoms with E-state index in [1.807, 2.05) is 0 Å². The third-order valence-corrected chi connectivity index (χ3v) is 2.50. The zero-order valence-electron chi connectivity index (χ0n) is 9.94.